The molecule has 0 amide bonds. The predicted molar refractivity (Wildman–Crippen MR) is 54.0 cm³/mol. The van der Waals surface area contributed by atoms with Crippen molar-refractivity contribution < 1.29 is 0 Å². The van der Waals surface area contributed by atoms with Gasteiger partial charge in [0.05, 0.1) is 16.6 Å². The Labute approximate surface area is 82.0 Å². The van der Waals surface area contributed by atoms with Crippen LogP contribution >= 0.6 is 0 Å². The topological polar surface area (TPSA) is 114 Å². The van der Waals surface area contributed by atoms with E-state index in [0.29, 0.717) is 5.52 Å². The van der Waals surface area contributed by atoms with Crippen molar-refractivity contribution >= 4 is 16.6 Å². The molecule has 1 aromatic carbocycles. The van der Waals surface area contributed by atoms with Gasteiger partial charge >= 0.3 is 5.69 Å². The number of hydrogen-bond acceptors (Lipinski definition) is 3. The van der Waals surface area contributed by atoms with E-state index in [-0.39, 0.29) is 11.1 Å². The number of nitrogens with zero attached hydrogens (tertiary/aromatic N) is 3. The highest BCUT2D eigenvalue weighted by Gasteiger charge is 2.04. The van der Waals surface area contributed by atoms with Gasteiger partial charge in [-0.25, -0.2) is 4.79 Å². The molecule has 2 N–H and O–H groups in total. The molecule has 0 radical (unpaired) electrons. The normalized spacial score (nSPS) is 9.87. The van der Waals surface area contributed by atoms with Crippen LogP contribution in [-0.2, 0) is 0 Å². The maximum atomic E-state index is 11.4. The average Bonchev–Trinajstić information content (AvgIpc) is 2.17. The van der Waals surface area contributed by atoms with Crippen molar-refractivity contribution in [3.63, 3.8) is 0 Å². The Bertz CT molecular complexity index is 677. The molecule has 0 fully saturated rings. The Hall–Kier alpha value is -2.53. The molecule has 1 aromatic heterocycles. The lowest BCUT2D eigenvalue weighted by Gasteiger charge is -1.98. The van der Waals surface area contributed by atoms with E-state index in [9.17, 15) is 9.59 Å². The van der Waals surface area contributed by atoms with Gasteiger partial charge in [-0.15, -0.1) is 0 Å². The Morgan fingerprint density at radius 2 is 2.07 bits per heavy atom. The van der Waals surface area contributed by atoms with Gasteiger partial charge in [-0.3, -0.25) is 9.78 Å². The molecule has 0 unspecified atom stereocenters. The van der Waals surface area contributed by atoms with E-state index in [1.807, 2.05) is 0 Å². The van der Waals surface area contributed by atoms with Crippen LogP contribution in [0.1, 0.15) is 0 Å². The highest BCUT2D eigenvalue weighted by atomic mass is 16.2. The lowest BCUT2D eigenvalue weighted by Crippen LogP contribution is -2.21. The van der Waals surface area contributed by atoms with Gasteiger partial charge in [0, 0.05) is 4.91 Å². The SMILES string of the molecule is [N-]=[N+]=Nc1cccc2[nH]c(=O)[nH]c(=O)c12. The first-order valence-corrected chi connectivity index (χ1v) is 4.03. The van der Waals surface area contributed by atoms with Crippen LogP contribution in [0.25, 0.3) is 21.3 Å². The summed E-state index contributed by atoms with van der Waals surface area (Å²) in [6.07, 6.45) is 0. The van der Waals surface area contributed by atoms with Crippen LogP contribution in [0.4, 0.5) is 5.69 Å². The third-order valence-corrected chi connectivity index (χ3v) is 1.90. The first kappa shape index (κ1) is 9.04. The maximum absolute atomic E-state index is 11.4. The van der Waals surface area contributed by atoms with Gasteiger partial charge in [0.2, 0.25) is 0 Å². The minimum absolute atomic E-state index is 0.176. The third kappa shape index (κ3) is 1.47. The lowest BCUT2D eigenvalue weighted by atomic mass is 10.2. The van der Waals surface area contributed by atoms with Crippen molar-refractivity contribution in [2.75, 3.05) is 0 Å². The summed E-state index contributed by atoms with van der Waals surface area (Å²) in [5.41, 5.74) is 7.66. The van der Waals surface area contributed by atoms with Gasteiger partial charge in [-0.05, 0) is 11.6 Å². The molecule has 0 saturated carbocycles. The van der Waals surface area contributed by atoms with Gasteiger partial charge in [0.25, 0.3) is 5.56 Å². The molecule has 0 aliphatic carbocycles. The van der Waals surface area contributed by atoms with Gasteiger partial charge in [-0.1, -0.05) is 17.2 Å². The molecule has 0 aliphatic heterocycles. The van der Waals surface area contributed by atoms with E-state index >= 15 is 0 Å². The van der Waals surface area contributed by atoms with Crippen molar-refractivity contribution in [2.24, 2.45) is 5.11 Å². The van der Waals surface area contributed by atoms with Gasteiger partial charge < -0.3 is 4.98 Å². The largest absolute Gasteiger partial charge is 0.326 e. The standard InChI is InChI=1S/C8H5N5O2/c9-13-12-5-3-1-2-4-6(5)7(14)11-8(15)10-4/h1-3H,(H2,10,11,14,15). The van der Waals surface area contributed by atoms with E-state index in [1.54, 1.807) is 12.1 Å². The van der Waals surface area contributed by atoms with E-state index < -0.39 is 11.2 Å². The number of hydrogen-bond donors (Lipinski definition) is 2. The number of azide groups is 1. The van der Waals surface area contributed by atoms with E-state index in [1.165, 1.54) is 6.07 Å². The van der Waals surface area contributed by atoms with Crippen LogP contribution < -0.4 is 11.2 Å². The zero-order valence-corrected chi connectivity index (χ0v) is 7.39. The second kappa shape index (κ2) is 3.32. The van der Waals surface area contributed by atoms with Crippen LogP contribution in [0, 0.1) is 0 Å². The summed E-state index contributed by atoms with van der Waals surface area (Å²) in [4.78, 5) is 29.5. The summed E-state index contributed by atoms with van der Waals surface area (Å²) in [5, 5.41) is 3.54. The molecule has 0 atom stereocenters. The number of aromatic nitrogens is 2. The summed E-state index contributed by atoms with van der Waals surface area (Å²) in [6.45, 7) is 0. The Morgan fingerprint density at radius 3 is 2.80 bits per heavy atom. The first-order chi connectivity index (χ1) is 7.22. The number of benzene rings is 1. The Balaban J connectivity index is 3.04. The summed E-state index contributed by atoms with van der Waals surface area (Å²) in [6, 6.07) is 4.64. The van der Waals surface area contributed by atoms with Crippen LogP contribution in [0.15, 0.2) is 32.9 Å². The lowest BCUT2D eigenvalue weighted by molar-refractivity contribution is 1.08. The molecule has 2 rings (SSSR count). The minimum Gasteiger partial charge on any atom is -0.307 e. The molecule has 0 bridgehead atoms. The molecule has 0 spiro atoms. The van der Waals surface area contributed by atoms with Crippen LogP contribution in [0.5, 0.6) is 0 Å². The highest BCUT2D eigenvalue weighted by Crippen LogP contribution is 2.19. The molecule has 7 heteroatoms. The second-order valence-electron chi connectivity index (χ2n) is 2.80. The molecular weight excluding hydrogens is 198 g/mol. The fourth-order valence-electron chi connectivity index (χ4n) is 1.33. The van der Waals surface area contributed by atoms with Crippen molar-refractivity contribution in [1.82, 2.24) is 9.97 Å². The summed E-state index contributed by atoms with van der Waals surface area (Å²) < 4.78 is 0. The average molecular weight is 203 g/mol. The first-order valence-electron chi connectivity index (χ1n) is 4.03. The zero-order chi connectivity index (χ0) is 10.8. The molecular formula is C8H5N5O2. The van der Waals surface area contributed by atoms with Crippen molar-refractivity contribution in [2.45, 2.75) is 0 Å². The number of H-pyrrole nitrogens is 2. The molecule has 15 heavy (non-hydrogen) atoms. The third-order valence-electron chi connectivity index (χ3n) is 1.90. The molecule has 0 aliphatic rings. The van der Waals surface area contributed by atoms with Crippen LogP contribution in [0.2, 0.25) is 0 Å². The number of aromatic amines is 2. The smallest absolute Gasteiger partial charge is 0.307 e. The summed E-state index contributed by atoms with van der Waals surface area (Å²) in [7, 11) is 0. The van der Waals surface area contributed by atoms with Crippen molar-refractivity contribution in [3.8, 4) is 0 Å². The number of rotatable bonds is 1. The number of nitrogens with one attached hydrogen (secondary N) is 2. The van der Waals surface area contributed by atoms with Gasteiger partial charge in [0.1, 0.15) is 0 Å². The van der Waals surface area contributed by atoms with Crippen molar-refractivity contribution in [3.05, 3.63) is 49.5 Å². The van der Waals surface area contributed by atoms with E-state index in [4.69, 9.17) is 5.53 Å². The second-order valence-corrected chi connectivity index (χ2v) is 2.80. The highest BCUT2D eigenvalue weighted by molar-refractivity contribution is 5.88. The molecule has 0 saturated heterocycles. The quantitative estimate of drug-likeness (QED) is 0.411. The van der Waals surface area contributed by atoms with Crippen LogP contribution in [-0.4, -0.2) is 9.97 Å². The fraction of sp³-hybridized carbons (Fsp3) is 0. The molecule has 1 heterocycles. The molecule has 7 nitrogen and oxygen atoms in total. The molecule has 2 aromatic rings. The zero-order valence-electron chi connectivity index (χ0n) is 7.39. The van der Waals surface area contributed by atoms with Crippen LogP contribution in [0.3, 0.4) is 0 Å². The predicted octanol–water partition coefficient (Wildman–Crippen LogP) is 1.16. The Kier molecular flexibility index (Phi) is 2.00. The fourth-order valence-corrected chi connectivity index (χ4v) is 1.33. The van der Waals surface area contributed by atoms with Gasteiger partial charge in [-0.2, -0.15) is 0 Å². The number of fused-ring (bicyclic) bond motifs is 1. The molecule has 74 valence electrons. The monoisotopic (exact) mass is 203 g/mol. The Morgan fingerprint density at radius 1 is 1.27 bits per heavy atom. The minimum atomic E-state index is -0.592. The summed E-state index contributed by atoms with van der Waals surface area (Å²) in [5.74, 6) is 0. The van der Waals surface area contributed by atoms with Crippen molar-refractivity contribution in [1.29, 1.82) is 0 Å². The van der Waals surface area contributed by atoms with E-state index in [0.717, 1.165) is 0 Å². The van der Waals surface area contributed by atoms with Gasteiger partial charge in [0.15, 0.2) is 0 Å². The summed E-state index contributed by atoms with van der Waals surface area (Å²) >= 11 is 0. The van der Waals surface area contributed by atoms with E-state index in [2.05, 4.69) is 20.0 Å². The maximum Gasteiger partial charge on any atom is 0.326 e.